The van der Waals surface area contributed by atoms with E-state index in [-0.39, 0.29) is 0 Å². The molecule has 0 atom stereocenters. The van der Waals surface area contributed by atoms with E-state index in [2.05, 4.69) is 48.3 Å². The average Bonchev–Trinajstić information content (AvgIpc) is 2.85. The summed E-state index contributed by atoms with van der Waals surface area (Å²) in [5.74, 6) is 1.90. The second kappa shape index (κ2) is 6.48. The van der Waals surface area contributed by atoms with Gasteiger partial charge < -0.3 is 10.2 Å². The minimum atomic E-state index is 0.540. The first kappa shape index (κ1) is 13.7. The maximum atomic E-state index is 5.51. The number of aromatic nitrogens is 2. The van der Waals surface area contributed by atoms with Gasteiger partial charge in [-0.25, -0.2) is 0 Å². The molecular formula is C15H21N3O. The Kier molecular flexibility index (Phi) is 4.68. The van der Waals surface area contributed by atoms with Gasteiger partial charge in [0.15, 0.2) is 0 Å². The zero-order valence-corrected chi connectivity index (χ0v) is 11.6. The van der Waals surface area contributed by atoms with Crippen LogP contribution in [0.2, 0.25) is 0 Å². The third-order valence-electron chi connectivity index (χ3n) is 3.14. The molecular weight excluding hydrogens is 238 g/mol. The summed E-state index contributed by atoms with van der Waals surface area (Å²) in [7, 11) is 0. The fraction of sp³-hybridized carbons (Fsp3) is 0.467. The molecule has 2 N–H and O–H groups in total. The molecule has 0 aliphatic heterocycles. The molecule has 0 bridgehead atoms. The van der Waals surface area contributed by atoms with Gasteiger partial charge >= 0.3 is 0 Å². The first-order valence-corrected chi connectivity index (χ1v) is 6.79. The molecule has 1 heterocycles. The molecule has 1 aromatic heterocycles. The van der Waals surface area contributed by atoms with Crippen LogP contribution in [-0.4, -0.2) is 16.7 Å². The van der Waals surface area contributed by atoms with E-state index < -0.39 is 0 Å². The van der Waals surface area contributed by atoms with Crippen molar-refractivity contribution in [1.82, 2.24) is 10.2 Å². The third kappa shape index (κ3) is 3.89. The normalized spacial score (nSPS) is 11.2. The van der Waals surface area contributed by atoms with Gasteiger partial charge in [-0.2, -0.15) is 0 Å². The summed E-state index contributed by atoms with van der Waals surface area (Å²) in [6.07, 6.45) is 2.34. The van der Waals surface area contributed by atoms with Crippen molar-refractivity contribution < 1.29 is 4.42 Å². The molecule has 4 heteroatoms. The molecule has 19 heavy (non-hydrogen) atoms. The Labute approximate surface area is 114 Å². The highest BCUT2D eigenvalue weighted by atomic mass is 16.4. The summed E-state index contributed by atoms with van der Waals surface area (Å²) in [6, 6.07) is 8.72. The maximum Gasteiger partial charge on any atom is 0.217 e. The lowest BCUT2D eigenvalue weighted by Gasteiger charge is -2.06. The van der Waals surface area contributed by atoms with Crippen LogP contribution in [-0.2, 0) is 19.3 Å². The van der Waals surface area contributed by atoms with Crippen LogP contribution in [0, 0.1) is 0 Å². The van der Waals surface area contributed by atoms with Crippen molar-refractivity contribution >= 4 is 0 Å². The molecule has 4 nitrogen and oxygen atoms in total. The van der Waals surface area contributed by atoms with Gasteiger partial charge in [0.25, 0.3) is 0 Å². The van der Waals surface area contributed by atoms with Gasteiger partial charge in [-0.15, -0.1) is 10.2 Å². The summed E-state index contributed by atoms with van der Waals surface area (Å²) in [5, 5.41) is 7.98. The molecule has 0 saturated carbocycles. The third-order valence-corrected chi connectivity index (χ3v) is 3.14. The highest BCUT2D eigenvalue weighted by Crippen LogP contribution is 2.15. The van der Waals surface area contributed by atoms with E-state index in [1.807, 2.05) is 0 Å². The van der Waals surface area contributed by atoms with Gasteiger partial charge in [0.05, 0.1) is 0 Å². The lowest BCUT2D eigenvalue weighted by molar-refractivity contribution is 0.450. The highest BCUT2D eigenvalue weighted by molar-refractivity contribution is 5.24. The maximum absolute atomic E-state index is 5.51. The Hall–Kier alpha value is -1.68. The van der Waals surface area contributed by atoms with Crippen LogP contribution < -0.4 is 5.73 Å². The molecule has 2 aromatic rings. The molecule has 0 spiro atoms. The van der Waals surface area contributed by atoms with Crippen molar-refractivity contribution in [2.24, 2.45) is 5.73 Å². The highest BCUT2D eigenvalue weighted by Gasteiger charge is 2.06. The van der Waals surface area contributed by atoms with Crippen LogP contribution in [0.3, 0.4) is 0 Å². The summed E-state index contributed by atoms with van der Waals surface area (Å²) >= 11 is 0. The molecule has 2 rings (SSSR count). The van der Waals surface area contributed by atoms with Crippen LogP contribution in [0.4, 0.5) is 0 Å². The molecule has 0 aliphatic carbocycles. The number of aryl methyl sites for hydroxylation is 2. The van der Waals surface area contributed by atoms with Gasteiger partial charge in [0.1, 0.15) is 0 Å². The van der Waals surface area contributed by atoms with Gasteiger partial charge in [-0.1, -0.05) is 38.1 Å². The van der Waals surface area contributed by atoms with Crippen molar-refractivity contribution in [2.75, 3.05) is 6.54 Å². The van der Waals surface area contributed by atoms with Crippen molar-refractivity contribution in [2.45, 2.75) is 39.0 Å². The fourth-order valence-corrected chi connectivity index (χ4v) is 1.93. The number of nitrogens with two attached hydrogens (primary N) is 1. The van der Waals surface area contributed by atoms with Gasteiger partial charge in [0.2, 0.25) is 11.8 Å². The number of hydrogen-bond donors (Lipinski definition) is 1. The zero-order valence-electron chi connectivity index (χ0n) is 11.6. The van der Waals surface area contributed by atoms with E-state index >= 15 is 0 Å². The number of benzene rings is 1. The van der Waals surface area contributed by atoms with Crippen molar-refractivity contribution in [3.8, 4) is 0 Å². The van der Waals surface area contributed by atoms with E-state index in [0.29, 0.717) is 30.7 Å². The molecule has 0 aliphatic rings. The Morgan fingerprint density at radius 2 is 1.63 bits per heavy atom. The van der Waals surface area contributed by atoms with Gasteiger partial charge in [-0.3, -0.25) is 0 Å². The smallest absolute Gasteiger partial charge is 0.217 e. The van der Waals surface area contributed by atoms with E-state index in [9.17, 15) is 0 Å². The SMILES string of the molecule is CC(C)c1ccc(CCc2nnc(CCN)o2)cc1. The van der Waals surface area contributed by atoms with Crippen LogP contribution in [0.25, 0.3) is 0 Å². The van der Waals surface area contributed by atoms with E-state index in [4.69, 9.17) is 10.2 Å². The van der Waals surface area contributed by atoms with Crippen LogP contribution >= 0.6 is 0 Å². The Balaban J connectivity index is 1.90. The predicted molar refractivity (Wildman–Crippen MR) is 75.0 cm³/mol. The number of hydrogen-bond acceptors (Lipinski definition) is 4. The lowest BCUT2D eigenvalue weighted by atomic mass is 10.0. The monoisotopic (exact) mass is 259 g/mol. The summed E-state index contributed by atoms with van der Waals surface area (Å²) < 4.78 is 5.51. The van der Waals surface area contributed by atoms with Crippen LogP contribution in [0.15, 0.2) is 28.7 Å². The molecule has 0 fully saturated rings. The predicted octanol–water partition coefficient (Wildman–Crippen LogP) is 2.48. The van der Waals surface area contributed by atoms with Crippen molar-refractivity contribution in [1.29, 1.82) is 0 Å². The van der Waals surface area contributed by atoms with E-state index in [1.54, 1.807) is 0 Å². The number of nitrogens with zero attached hydrogens (tertiary/aromatic N) is 2. The molecule has 0 saturated heterocycles. The van der Waals surface area contributed by atoms with Crippen LogP contribution in [0.5, 0.6) is 0 Å². The first-order chi connectivity index (χ1) is 9.19. The topological polar surface area (TPSA) is 64.9 Å². The largest absolute Gasteiger partial charge is 0.425 e. The molecule has 0 radical (unpaired) electrons. The first-order valence-electron chi connectivity index (χ1n) is 6.79. The van der Waals surface area contributed by atoms with Crippen molar-refractivity contribution in [3.63, 3.8) is 0 Å². The Morgan fingerprint density at radius 1 is 1.00 bits per heavy atom. The Morgan fingerprint density at radius 3 is 2.21 bits per heavy atom. The quantitative estimate of drug-likeness (QED) is 0.865. The van der Waals surface area contributed by atoms with Crippen LogP contribution in [0.1, 0.15) is 42.7 Å². The van der Waals surface area contributed by atoms with Crippen molar-refractivity contribution in [3.05, 3.63) is 47.2 Å². The Bertz CT molecular complexity index is 502. The lowest BCUT2D eigenvalue weighted by Crippen LogP contribution is -2.02. The molecule has 1 aromatic carbocycles. The minimum Gasteiger partial charge on any atom is -0.425 e. The molecule has 0 unspecified atom stereocenters. The van der Waals surface area contributed by atoms with E-state index in [0.717, 1.165) is 12.8 Å². The van der Waals surface area contributed by atoms with Gasteiger partial charge in [-0.05, 0) is 23.5 Å². The molecule has 0 amide bonds. The fourth-order valence-electron chi connectivity index (χ4n) is 1.93. The standard InChI is InChI=1S/C15H21N3O/c1-11(2)13-6-3-12(4-7-13)5-8-14-17-18-15(19-14)9-10-16/h3-4,6-7,11H,5,8-10,16H2,1-2H3. The zero-order chi connectivity index (χ0) is 13.7. The summed E-state index contributed by atoms with van der Waals surface area (Å²) in [4.78, 5) is 0. The average molecular weight is 259 g/mol. The second-order valence-electron chi connectivity index (χ2n) is 5.02. The van der Waals surface area contributed by atoms with Gasteiger partial charge in [0, 0.05) is 19.4 Å². The second-order valence-corrected chi connectivity index (χ2v) is 5.02. The minimum absolute atomic E-state index is 0.540. The summed E-state index contributed by atoms with van der Waals surface area (Å²) in [5.41, 5.74) is 8.11. The number of rotatable bonds is 6. The molecule has 102 valence electrons. The summed E-state index contributed by atoms with van der Waals surface area (Å²) in [6.45, 7) is 4.94. The van der Waals surface area contributed by atoms with E-state index in [1.165, 1.54) is 11.1 Å².